The molecule has 1 aliphatic rings. The summed E-state index contributed by atoms with van der Waals surface area (Å²) in [4.78, 5) is 13.4. The summed E-state index contributed by atoms with van der Waals surface area (Å²) >= 11 is 0. The zero-order chi connectivity index (χ0) is 15.5. The van der Waals surface area contributed by atoms with Crippen molar-refractivity contribution in [3.63, 3.8) is 0 Å². The van der Waals surface area contributed by atoms with Crippen molar-refractivity contribution < 1.29 is 13.2 Å². The van der Waals surface area contributed by atoms with Crippen molar-refractivity contribution in [2.75, 3.05) is 25.4 Å². The molecule has 1 aromatic heterocycles. The zero-order valence-electron chi connectivity index (χ0n) is 11.8. The first kappa shape index (κ1) is 15.9. The highest BCUT2D eigenvalue weighted by molar-refractivity contribution is 5.33. The molecular formula is C14H20F3N3O. The third-order valence-corrected chi connectivity index (χ3v) is 3.85. The Kier molecular flexibility index (Phi) is 4.92. The van der Waals surface area contributed by atoms with Crippen LogP contribution in [0.5, 0.6) is 0 Å². The van der Waals surface area contributed by atoms with E-state index in [9.17, 15) is 18.0 Å². The molecule has 1 unspecified atom stereocenters. The van der Waals surface area contributed by atoms with Gasteiger partial charge in [-0.2, -0.15) is 13.2 Å². The summed E-state index contributed by atoms with van der Waals surface area (Å²) in [6.07, 6.45) is -1.12. The highest BCUT2D eigenvalue weighted by Crippen LogP contribution is 2.33. The van der Waals surface area contributed by atoms with Gasteiger partial charge in [0.25, 0.3) is 5.56 Å². The highest BCUT2D eigenvalue weighted by Gasteiger charge is 2.41. The number of pyridine rings is 1. The fourth-order valence-corrected chi connectivity index (χ4v) is 2.72. The van der Waals surface area contributed by atoms with Gasteiger partial charge < -0.3 is 15.2 Å². The Morgan fingerprint density at radius 1 is 1.29 bits per heavy atom. The molecule has 0 aromatic carbocycles. The molecular weight excluding hydrogens is 283 g/mol. The van der Waals surface area contributed by atoms with Crippen molar-refractivity contribution in [3.8, 4) is 0 Å². The molecule has 1 saturated heterocycles. The van der Waals surface area contributed by atoms with E-state index in [-0.39, 0.29) is 18.5 Å². The minimum Gasteiger partial charge on any atom is -0.398 e. The van der Waals surface area contributed by atoms with Gasteiger partial charge in [0, 0.05) is 31.0 Å². The smallest absolute Gasteiger partial charge is 0.393 e. The number of piperidine rings is 1. The van der Waals surface area contributed by atoms with Crippen LogP contribution >= 0.6 is 0 Å². The van der Waals surface area contributed by atoms with Crippen LogP contribution in [0.25, 0.3) is 0 Å². The van der Waals surface area contributed by atoms with Gasteiger partial charge in [0.2, 0.25) is 0 Å². The van der Waals surface area contributed by atoms with Gasteiger partial charge in [0.15, 0.2) is 0 Å². The molecule has 118 valence electrons. The van der Waals surface area contributed by atoms with Crippen molar-refractivity contribution in [1.29, 1.82) is 0 Å². The molecule has 0 spiro atoms. The molecule has 0 amide bonds. The summed E-state index contributed by atoms with van der Waals surface area (Å²) in [6.45, 7) is 1.79. The van der Waals surface area contributed by atoms with Gasteiger partial charge in [-0.05, 0) is 38.4 Å². The summed E-state index contributed by atoms with van der Waals surface area (Å²) in [7, 11) is 0. The largest absolute Gasteiger partial charge is 0.398 e. The zero-order valence-corrected chi connectivity index (χ0v) is 11.8. The van der Waals surface area contributed by atoms with Crippen LogP contribution in [0.2, 0.25) is 0 Å². The van der Waals surface area contributed by atoms with Crippen molar-refractivity contribution in [3.05, 3.63) is 28.7 Å². The minimum absolute atomic E-state index is 0.0648. The van der Waals surface area contributed by atoms with Crippen molar-refractivity contribution in [2.45, 2.75) is 32.0 Å². The monoisotopic (exact) mass is 303 g/mol. The summed E-state index contributed by atoms with van der Waals surface area (Å²) in [5.41, 5.74) is 5.97. The third-order valence-electron chi connectivity index (χ3n) is 3.85. The van der Waals surface area contributed by atoms with Crippen LogP contribution in [-0.4, -0.2) is 35.3 Å². The lowest BCUT2D eigenvalue weighted by Crippen LogP contribution is -2.42. The molecule has 1 aromatic rings. The Hall–Kier alpha value is -1.50. The van der Waals surface area contributed by atoms with Gasteiger partial charge in [0.05, 0.1) is 5.92 Å². The van der Waals surface area contributed by atoms with E-state index in [2.05, 4.69) is 0 Å². The number of alkyl halides is 3. The number of likely N-dealkylation sites (tertiary alicyclic amines) is 1. The first-order valence-corrected chi connectivity index (χ1v) is 7.11. The number of hydrogen-bond donors (Lipinski definition) is 1. The second kappa shape index (κ2) is 6.51. The van der Waals surface area contributed by atoms with Crippen molar-refractivity contribution in [2.24, 2.45) is 5.92 Å². The van der Waals surface area contributed by atoms with Gasteiger partial charge in [-0.1, -0.05) is 0 Å². The van der Waals surface area contributed by atoms with E-state index in [0.717, 1.165) is 0 Å². The molecule has 2 heterocycles. The minimum atomic E-state index is -4.11. The molecule has 7 heteroatoms. The normalized spacial score (nSPS) is 20.6. The third kappa shape index (κ3) is 4.49. The summed E-state index contributed by atoms with van der Waals surface area (Å²) < 4.78 is 39.6. The van der Waals surface area contributed by atoms with E-state index in [1.165, 1.54) is 16.7 Å². The average Bonchev–Trinajstić information content (AvgIpc) is 2.42. The van der Waals surface area contributed by atoms with Crippen molar-refractivity contribution >= 4 is 5.69 Å². The fourth-order valence-electron chi connectivity index (χ4n) is 2.72. The van der Waals surface area contributed by atoms with Crippen LogP contribution in [0.15, 0.2) is 23.1 Å². The molecule has 0 aliphatic carbocycles. The fraction of sp³-hybridized carbons (Fsp3) is 0.643. The Morgan fingerprint density at radius 2 is 2.05 bits per heavy atom. The lowest BCUT2D eigenvalue weighted by molar-refractivity contribution is -0.186. The second-order valence-electron chi connectivity index (χ2n) is 5.53. The molecule has 1 aliphatic heterocycles. The first-order valence-electron chi connectivity index (χ1n) is 7.11. The molecule has 2 rings (SSSR count). The second-order valence-corrected chi connectivity index (χ2v) is 5.53. The van der Waals surface area contributed by atoms with E-state index in [4.69, 9.17) is 5.73 Å². The maximum atomic E-state index is 12.7. The van der Waals surface area contributed by atoms with Gasteiger partial charge in [-0.3, -0.25) is 4.79 Å². The topological polar surface area (TPSA) is 51.3 Å². The van der Waals surface area contributed by atoms with Gasteiger partial charge in [-0.25, -0.2) is 0 Å². The van der Waals surface area contributed by atoms with Crippen LogP contribution in [0.4, 0.5) is 18.9 Å². The summed E-state index contributed by atoms with van der Waals surface area (Å²) in [5.74, 6) is -1.22. The molecule has 21 heavy (non-hydrogen) atoms. The van der Waals surface area contributed by atoms with E-state index < -0.39 is 12.1 Å². The van der Waals surface area contributed by atoms with Gasteiger partial charge in [-0.15, -0.1) is 0 Å². The van der Waals surface area contributed by atoms with E-state index in [1.807, 2.05) is 4.90 Å². The van der Waals surface area contributed by atoms with E-state index >= 15 is 0 Å². The van der Waals surface area contributed by atoms with Crippen LogP contribution in [0, 0.1) is 5.92 Å². The predicted octanol–water partition coefficient (Wildman–Crippen LogP) is 2.09. The number of nitrogens with zero attached hydrogens (tertiary/aromatic N) is 2. The molecule has 1 fully saturated rings. The lowest BCUT2D eigenvalue weighted by atomic mass is 9.97. The number of hydrogen-bond acceptors (Lipinski definition) is 3. The van der Waals surface area contributed by atoms with Crippen LogP contribution in [0.1, 0.15) is 19.3 Å². The average molecular weight is 303 g/mol. The number of aromatic nitrogens is 1. The number of halogens is 3. The van der Waals surface area contributed by atoms with Crippen molar-refractivity contribution in [1.82, 2.24) is 9.47 Å². The van der Waals surface area contributed by atoms with Crippen LogP contribution in [-0.2, 0) is 6.54 Å². The number of rotatable bonds is 4. The molecule has 0 bridgehead atoms. The quantitative estimate of drug-likeness (QED) is 0.926. The Labute approximate surface area is 121 Å². The van der Waals surface area contributed by atoms with Crippen LogP contribution < -0.4 is 11.3 Å². The molecule has 0 radical (unpaired) electrons. The Morgan fingerprint density at radius 3 is 2.76 bits per heavy atom. The maximum absolute atomic E-state index is 12.7. The number of anilines is 1. The Balaban J connectivity index is 1.83. The Bertz CT molecular complexity index is 527. The lowest BCUT2D eigenvalue weighted by Gasteiger charge is -2.33. The van der Waals surface area contributed by atoms with E-state index in [0.29, 0.717) is 38.2 Å². The number of nitrogen functional groups attached to an aromatic ring is 1. The standard InChI is InChI=1S/C14H20F3N3O/c15-14(16,17)11-3-1-6-19(9-11)7-2-8-20-10-12(18)4-5-13(20)21/h4-5,10-11H,1-3,6-9,18H2. The predicted molar refractivity (Wildman–Crippen MR) is 75.0 cm³/mol. The molecule has 4 nitrogen and oxygen atoms in total. The van der Waals surface area contributed by atoms with E-state index in [1.54, 1.807) is 6.20 Å². The van der Waals surface area contributed by atoms with Crippen LogP contribution in [0.3, 0.4) is 0 Å². The van der Waals surface area contributed by atoms with Gasteiger partial charge >= 0.3 is 6.18 Å². The molecule has 0 saturated carbocycles. The first-order chi connectivity index (χ1) is 9.86. The number of aryl methyl sites for hydroxylation is 1. The molecule has 2 N–H and O–H groups in total. The summed E-state index contributed by atoms with van der Waals surface area (Å²) in [5, 5.41) is 0. The number of nitrogens with two attached hydrogens (primary N) is 1. The summed E-state index contributed by atoms with van der Waals surface area (Å²) in [6, 6.07) is 2.94. The molecule has 1 atom stereocenters. The van der Waals surface area contributed by atoms with Gasteiger partial charge in [0.1, 0.15) is 0 Å². The highest BCUT2D eigenvalue weighted by atomic mass is 19.4. The SMILES string of the molecule is Nc1ccc(=O)n(CCCN2CCCC(C(F)(F)F)C2)c1. The maximum Gasteiger partial charge on any atom is 0.393 e.